The Morgan fingerprint density at radius 1 is 2.00 bits per heavy atom. The van der Waals surface area contributed by atoms with Crippen molar-refractivity contribution < 1.29 is 9.53 Å². The van der Waals surface area contributed by atoms with Crippen LogP contribution in [-0.4, -0.2) is 17.8 Å². The molecular formula is C6H9O2S. The number of hydrogen-bond donors (Lipinski definition) is 0. The van der Waals surface area contributed by atoms with Crippen molar-refractivity contribution in [3.63, 3.8) is 0 Å². The van der Waals surface area contributed by atoms with E-state index in [1.54, 1.807) is 13.0 Å². The van der Waals surface area contributed by atoms with Crippen LogP contribution in [0.2, 0.25) is 0 Å². The molecule has 9 heavy (non-hydrogen) atoms. The number of ether oxygens (including phenoxy) is 1. The SMILES string of the molecule is C=CC(C)OC(=O)C[S]. The van der Waals surface area contributed by atoms with Crippen molar-refractivity contribution in [2.45, 2.75) is 13.0 Å². The Balaban J connectivity index is 3.46. The van der Waals surface area contributed by atoms with E-state index in [4.69, 9.17) is 0 Å². The normalized spacial score (nSPS) is 12.2. The second-order valence-electron chi connectivity index (χ2n) is 1.58. The summed E-state index contributed by atoms with van der Waals surface area (Å²) < 4.78 is 4.69. The highest BCUT2D eigenvalue weighted by Crippen LogP contribution is 1.92. The summed E-state index contributed by atoms with van der Waals surface area (Å²) in [6.07, 6.45) is 1.32. The molecule has 0 aliphatic carbocycles. The molecule has 1 atom stereocenters. The van der Waals surface area contributed by atoms with Crippen LogP contribution in [-0.2, 0) is 9.53 Å². The average molecular weight is 145 g/mol. The minimum Gasteiger partial charge on any atom is -0.458 e. The molecule has 1 unspecified atom stereocenters. The minimum atomic E-state index is -0.364. The maximum absolute atomic E-state index is 10.4. The molecule has 0 bridgehead atoms. The second kappa shape index (κ2) is 4.44. The number of carbonyl (C=O) groups excluding carboxylic acids is 1. The molecule has 0 aliphatic heterocycles. The lowest BCUT2D eigenvalue weighted by molar-refractivity contribution is -0.142. The van der Waals surface area contributed by atoms with Crippen LogP contribution in [0.3, 0.4) is 0 Å². The largest absolute Gasteiger partial charge is 0.458 e. The molecule has 3 heteroatoms. The van der Waals surface area contributed by atoms with E-state index in [0.717, 1.165) is 0 Å². The van der Waals surface area contributed by atoms with E-state index in [0.29, 0.717) is 0 Å². The molecule has 1 radical (unpaired) electrons. The summed E-state index contributed by atoms with van der Waals surface area (Å²) in [5.74, 6) is -0.351. The fourth-order valence-corrected chi connectivity index (χ4v) is 0.358. The maximum atomic E-state index is 10.4. The van der Waals surface area contributed by atoms with Gasteiger partial charge in [0.25, 0.3) is 0 Å². The predicted octanol–water partition coefficient (Wildman–Crippen LogP) is 1.30. The van der Waals surface area contributed by atoms with E-state index >= 15 is 0 Å². The first-order chi connectivity index (χ1) is 4.20. The molecule has 0 heterocycles. The Morgan fingerprint density at radius 3 is 2.89 bits per heavy atom. The number of carbonyl (C=O) groups is 1. The first kappa shape index (κ1) is 8.56. The fourth-order valence-electron chi connectivity index (χ4n) is 0.289. The van der Waals surface area contributed by atoms with Gasteiger partial charge in [0.2, 0.25) is 0 Å². The van der Waals surface area contributed by atoms with Gasteiger partial charge in [-0.05, 0) is 6.92 Å². The highest BCUT2D eigenvalue weighted by atomic mass is 32.1. The predicted molar refractivity (Wildman–Crippen MR) is 38.2 cm³/mol. The van der Waals surface area contributed by atoms with Crippen molar-refractivity contribution >= 4 is 18.6 Å². The standard InChI is InChI=1S/C6H9O2S/c1-3-5(2)8-6(7)4-9/h3,5H,1,4H2,2H3. The zero-order valence-electron chi connectivity index (χ0n) is 5.29. The third-order valence-electron chi connectivity index (χ3n) is 0.767. The van der Waals surface area contributed by atoms with Crippen LogP contribution in [0.15, 0.2) is 12.7 Å². The van der Waals surface area contributed by atoms with Crippen molar-refractivity contribution in [2.24, 2.45) is 0 Å². The fraction of sp³-hybridized carbons (Fsp3) is 0.500. The molecule has 0 fully saturated rings. The van der Waals surface area contributed by atoms with Gasteiger partial charge in [0.05, 0.1) is 0 Å². The number of hydrogen-bond acceptors (Lipinski definition) is 2. The first-order valence-corrected chi connectivity index (χ1v) is 3.18. The highest BCUT2D eigenvalue weighted by molar-refractivity contribution is 7.81. The summed E-state index contributed by atoms with van der Waals surface area (Å²) in [7, 11) is 0. The molecule has 0 saturated heterocycles. The Bertz CT molecular complexity index is 112. The number of rotatable bonds is 3. The molecule has 0 N–H and O–H groups in total. The van der Waals surface area contributed by atoms with Crippen LogP contribution >= 0.6 is 12.6 Å². The van der Waals surface area contributed by atoms with Gasteiger partial charge in [0.15, 0.2) is 0 Å². The molecule has 2 nitrogen and oxygen atoms in total. The molecular weight excluding hydrogens is 136 g/mol. The molecule has 0 amide bonds. The molecule has 51 valence electrons. The Labute approximate surface area is 60.3 Å². The van der Waals surface area contributed by atoms with E-state index in [-0.39, 0.29) is 17.8 Å². The monoisotopic (exact) mass is 145 g/mol. The van der Waals surface area contributed by atoms with Gasteiger partial charge in [-0.25, -0.2) is 0 Å². The van der Waals surface area contributed by atoms with Gasteiger partial charge >= 0.3 is 5.97 Å². The van der Waals surface area contributed by atoms with E-state index in [2.05, 4.69) is 23.9 Å². The van der Waals surface area contributed by atoms with Gasteiger partial charge in [-0.3, -0.25) is 4.79 Å². The Morgan fingerprint density at radius 2 is 2.56 bits per heavy atom. The lowest BCUT2D eigenvalue weighted by atomic mass is 10.4. The molecule has 0 spiro atoms. The summed E-state index contributed by atoms with van der Waals surface area (Å²) in [5.41, 5.74) is 0. The molecule has 0 rings (SSSR count). The highest BCUT2D eigenvalue weighted by Gasteiger charge is 2.01. The zero-order valence-corrected chi connectivity index (χ0v) is 6.11. The van der Waals surface area contributed by atoms with Gasteiger partial charge in [-0.2, -0.15) is 0 Å². The van der Waals surface area contributed by atoms with Crippen LogP contribution in [0.25, 0.3) is 0 Å². The van der Waals surface area contributed by atoms with Crippen molar-refractivity contribution in [3.8, 4) is 0 Å². The van der Waals surface area contributed by atoms with Gasteiger partial charge < -0.3 is 4.74 Å². The van der Waals surface area contributed by atoms with E-state index in [1.165, 1.54) is 0 Å². The van der Waals surface area contributed by atoms with E-state index in [9.17, 15) is 4.79 Å². The maximum Gasteiger partial charge on any atom is 0.317 e. The lowest BCUT2D eigenvalue weighted by Gasteiger charge is -2.05. The number of esters is 1. The third kappa shape index (κ3) is 4.09. The Kier molecular flexibility index (Phi) is 4.22. The summed E-state index contributed by atoms with van der Waals surface area (Å²) in [5, 5.41) is 0. The average Bonchev–Trinajstić information content (AvgIpc) is 1.87. The van der Waals surface area contributed by atoms with Crippen molar-refractivity contribution in [1.29, 1.82) is 0 Å². The van der Waals surface area contributed by atoms with Crippen molar-refractivity contribution in [3.05, 3.63) is 12.7 Å². The van der Waals surface area contributed by atoms with Crippen molar-refractivity contribution in [1.82, 2.24) is 0 Å². The summed E-state index contributed by atoms with van der Waals surface area (Å²) in [6, 6.07) is 0. The topological polar surface area (TPSA) is 26.3 Å². The van der Waals surface area contributed by atoms with E-state index < -0.39 is 0 Å². The van der Waals surface area contributed by atoms with Gasteiger partial charge in [0, 0.05) is 0 Å². The molecule has 0 aromatic carbocycles. The minimum absolute atomic E-state index is 0.0121. The molecule has 0 aliphatic rings. The second-order valence-corrected chi connectivity index (χ2v) is 1.86. The zero-order chi connectivity index (χ0) is 7.28. The van der Waals surface area contributed by atoms with Gasteiger partial charge in [0.1, 0.15) is 11.9 Å². The lowest BCUT2D eigenvalue weighted by Crippen LogP contribution is -2.12. The Hall–Kier alpha value is -0.440. The summed E-state index contributed by atoms with van der Waals surface area (Å²) in [6.45, 7) is 5.17. The van der Waals surface area contributed by atoms with Gasteiger partial charge in [-0.15, -0.1) is 0 Å². The van der Waals surface area contributed by atoms with Gasteiger partial charge in [-0.1, -0.05) is 25.3 Å². The van der Waals surface area contributed by atoms with Crippen LogP contribution in [0.5, 0.6) is 0 Å². The molecule has 0 aromatic heterocycles. The van der Waals surface area contributed by atoms with Crippen LogP contribution in [0, 0.1) is 0 Å². The summed E-state index contributed by atoms with van der Waals surface area (Å²) in [4.78, 5) is 10.4. The van der Waals surface area contributed by atoms with Crippen LogP contribution in [0.4, 0.5) is 0 Å². The smallest absolute Gasteiger partial charge is 0.317 e. The third-order valence-corrected chi connectivity index (χ3v) is 1.00. The quantitative estimate of drug-likeness (QED) is 0.442. The molecule has 0 saturated carbocycles. The van der Waals surface area contributed by atoms with Crippen molar-refractivity contribution in [2.75, 3.05) is 5.75 Å². The first-order valence-electron chi connectivity index (χ1n) is 2.61. The van der Waals surface area contributed by atoms with Crippen LogP contribution < -0.4 is 0 Å². The molecule has 0 aromatic rings. The summed E-state index contributed by atoms with van der Waals surface area (Å²) >= 11 is 4.43. The van der Waals surface area contributed by atoms with E-state index in [1.807, 2.05) is 0 Å². The van der Waals surface area contributed by atoms with Crippen LogP contribution in [0.1, 0.15) is 6.92 Å².